The summed E-state index contributed by atoms with van der Waals surface area (Å²) in [7, 11) is 1.56. The minimum atomic E-state index is -0.676. The first-order chi connectivity index (χ1) is 12.6. The van der Waals surface area contributed by atoms with Crippen molar-refractivity contribution >= 4 is 12.0 Å². The van der Waals surface area contributed by atoms with Crippen molar-refractivity contribution in [2.75, 3.05) is 13.7 Å². The van der Waals surface area contributed by atoms with Crippen LogP contribution < -0.4 is 9.47 Å². The van der Waals surface area contributed by atoms with Gasteiger partial charge in [0.25, 0.3) is 0 Å². The molecule has 0 heterocycles. The molecule has 0 radical (unpaired) electrons. The van der Waals surface area contributed by atoms with Crippen LogP contribution in [0.1, 0.15) is 23.6 Å². The zero-order valence-corrected chi connectivity index (χ0v) is 15.1. The average molecular weight is 351 g/mol. The van der Waals surface area contributed by atoms with Gasteiger partial charge in [-0.15, -0.1) is 0 Å². The zero-order valence-electron chi connectivity index (χ0n) is 15.1. The second-order valence-corrected chi connectivity index (χ2v) is 5.56. The molecule has 0 bridgehead atoms. The molecule has 0 saturated carbocycles. The summed E-state index contributed by atoms with van der Waals surface area (Å²) >= 11 is 0. The molecule has 26 heavy (non-hydrogen) atoms. The molecule has 0 aromatic heterocycles. The van der Waals surface area contributed by atoms with Crippen LogP contribution in [-0.2, 0) is 16.1 Å². The van der Waals surface area contributed by atoms with Gasteiger partial charge in [0.05, 0.1) is 13.7 Å². The van der Waals surface area contributed by atoms with Gasteiger partial charge in [-0.25, -0.2) is 4.79 Å². The number of hydrogen-bond donors (Lipinski definition) is 0. The standard InChI is InChI=1S/C21H21NO4/c1-4-25-19-8-6-16(7-9-19)12-17(13-22)21(23)26-14-18-11-15(2)5-10-20(18)24-3/h5-12H,4,14H2,1-3H3/b17-12+. The van der Waals surface area contributed by atoms with Gasteiger partial charge in [0, 0.05) is 5.56 Å². The minimum absolute atomic E-state index is 0.0337. The molecule has 2 aromatic carbocycles. The number of carbonyl (C=O) groups is 1. The summed E-state index contributed by atoms with van der Waals surface area (Å²) in [6, 6.07) is 14.6. The third-order valence-corrected chi connectivity index (χ3v) is 3.64. The smallest absolute Gasteiger partial charge is 0.349 e. The van der Waals surface area contributed by atoms with Gasteiger partial charge in [-0.3, -0.25) is 0 Å². The molecule has 0 atom stereocenters. The quantitative estimate of drug-likeness (QED) is 0.427. The Labute approximate surface area is 153 Å². The van der Waals surface area contributed by atoms with E-state index in [1.807, 2.05) is 38.1 Å². The van der Waals surface area contributed by atoms with E-state index in [2.05, 4.69) is 0 Å². The molecule has 5 heteroatoms. The molecule has 0 aliphatic rings. The van der Waals surface area contributed by atoms with E-state index >= 15 is 0 Å². The van der Waals surface area contributed by atoms with Crippen molar-refractivity contribution in [1.29, 1.82) is 5.26 Å². The molecular weight excluding hydrogens is 330 g/mol. The molecule has 0 aliphatic heterocycles. The molecule has 134 valence electrons. The molecule has 0 fully saturated rings. The lowest BCUT2D eigenvalue weighted by atomic mass is 10.1. The second-order valence-electron chi connectivity index (χ2n) is 5.56. The highest BCUT2D eigenvalue weighted by molar-refractivity contribution is 5.97. The van der Waals surface area contributed by atoms with E-state index in [0.29, 0.717) is 12.4 Å². The number of methoxy groups -OCH3 is 1. The van der Waals surface area contributed by atoms with Gasteiger partial charge in [-0.1, -0.05) is 23.8 Å². The van der Waals surface area contributed by atoms with Crippen molar-refractivity contribution in [3.8, 4) is 17.6 Å². The van der Waals surface area contributed by atoms with Gasteiger partial charge in [-0.2, -0.15) is 5.26 Å². The fourth-order valence-corrected chi connectivity index (χ4v) is 2.37. The van der Waals surface area contributed by atoms with E-state index in [0.717, 1.165) is 22.4 Å². The van der Waals surface area contributed by atoms with E-state index in [4.69, 9.17) is 14.2 Å². The molecule has 0 N–H and O–H groups in total. The molecule has 0 saturated heterocycles. The highest BCUT2D eigenvalue weighted by Gasteiger charge is 2.13. The van der Waals surface area contributed by atoms with Crippen LogP contribution in [0.3, 0.4) is 0 Å². The lowest BCUT2D eigenvalue weighted by molar-refractivity contribution is -0.139. The second kappa shape index (κ2) is 9.28. The first-order valence-corrected chi connectivity index (χ1v) is 8.22. The van der Waals surface area contributed by atoms with E-state index in [-0.39, 0.29) is 12.2 Å². The van der Waals surface area contributed by atoms with Gasteiger partial charge in [0.15, 0.2) is 0 Å². The van der Waals surface area contributed by atoms with Crippen molar-refractivity contribution in [2.45, 2.75) is 20.5 Å². The normalized spacial score (nSPS) is 10.8. The highest BCUT2D eigenvalue weighted by atomic mass is 16.5. The number of ether oxygens (including phenoxy) is 3. The van der Waals surface area contributed by atoms with Crippen molar-refractivity contribution in [2.24, 2.45) is 0 Å². The fraction of sp³-hybridized carbons (Fsp3) is 0.238. The van der Waals surface area contributed by atoms with Crippen LogP contribution in [0.4, 0.5) is 0 Å². The van der Waals surface area contributed by atoms with Gasteiger partial charge in [-0.05, 0) is 49.8 Å². The molecule has 0 unspecified atom stereocenters. The molecule has 0 aliphatic carbocycles. The predicted octanol–water partition coefficient (Wildman–Crippen LogP) is 4.05. The zero-order chi connectivity index (χ0) is 18.9. The van der Waals surface area contributed by atoms with Crippen molar-refractivity contribution in [3.63, 3.8) is 0 Å². The summed E-state index contributed by atoms with van der Waals surface area (Å²) in [5, 5.41) is 9.27. The first-order valence-electron chi connectivity index (χ1n) is 8.22. The maximum Gasteiger partial charge on any atom is 0.349 e. The number of benzene rings is 2. The molecule has 2 rings (SSSR count). The number of rotatable bonds is 7. The molecule has 5 nitrogen and oxygen atoms in total. The fourth-order valence-electron chi connectivity index (χ4n) is 2.37. The van der Waals surface area contributed by atoms with Gasteiger partial charge in [0.1, 0.15) is 29.7 Å². The van der Waals surface area contributed by atoms with Crippen LogP contribution in [0.2, 0.25) is 0 Å². The van der Waals surface area contributed by atoms with Crippen LogP contribution in [0.5, 0.6) is 11.5 Å². The average Bonchev–Trinajstić information content (AvgIpc) is 2.65. The van der Waals surface area contributed by atoms with E-state index < -0.39 is 5.97 Å². The number of aryl methyl sites for hydroxylation is 1. The molecular formula is C21H21NO4. The summed E-state index contributed by atoms with van der Waals surface area (Å²) in [5.41, 5.74) is 2.43. The monoisotopic (exact) mass is 351 g/mol. The van der Waals surface area contributed by atoms with Gasteiger partial charge >= 0.3 is 5.97 Å². The van der Waals surface area contributed by atoms with E-state index in [1.54, 1.807) is 31.4 Å². The van der Waals surface area contributed by atoms with Crippen molar-refractivity contribution in [1.82, 2.24) is 0 Å². The highest BCUT2D eigenvalue weighted by Crippen LogP contribution is 2.21. The molecule has 2 aromatic rings. The van der Waals surface area contributed by atoms with Crippen molar-refractivity contribution < 1.29 is 19.0 Å². The SMILES string of the molecule is CCOc1ccc(/C=C(\C#N)C(=O)OCc2cc(C)ccc2OC)cc1. The van der Waals surface area contributed by atoms with Crippen LogP contribution in [0.15, 0.2) is 48.0 Å². The Morgan fingerprint density at radius 2 is 1.92 bits per heavy atom. The van der Waals surface area contributed by atoms with Crippen LogP contribution in [-0.4, -0.2) is 19.7 Å². The topological polar surface area (TPSA) is 68.5 Å². The van der Waals surface area contributed by atoms with Crippen molar-refractivity contribution in [3.05, 3.63) is 64.7 Å². The number of esters is 1. The van der Waals surface area contributed by atoms with E-state index in [9.17, 15) is 10.1 Å². The number of carbonyl (C=O) groups excluding carboxylic acids is 1. The number of nitriles is 1. The first kappa shape index (κ1) is 19.1. The maximum absolute atomic E-state index is 12.2. The Morgan fingerprint density at radius 3 is 2.54 bits per heavy atom. The van der Waals surface area contributed by atoms with Crippen LogP contribution in [0, 0.1) is 18.3 Å². The maximum atomic E-state index is 12.2. The summed E-state index contributed by atoms with van der Waals surface area (Å²) in [6.45, 7) is 4.46. The Kier molecular flexibility index (Phi) is 6.81. The van der Waals surface area contributed by atoms with Gasteiger partial charge < -0.3 is 14.2 Å². The summed E-state index contributed by atoms with van der Waals surface area (Å²) in [5.74, 6) is 0.694. The number of nitrogens with zero attached hydrogens (tertiary/aromatic N) is 1. The number of hydrogen-bond acceptors (Lipinski definition) is 5. The lowest BCUT2D eigenvalue weighted by Crippen LogP contribution is -2.07. The third-order valence-electron chi connectivity index (χ3n) is 3.64. The molecule has 0 amide bonds. The minimum Gasteiger partial charge on any atom is -0.496 e. The Hall–Kier alpha value is -3.26. The van der Waals surface area contributed by atoms with Gasteiger partial charge in [0.2, 0.25) is 0 Å². The summed E-state index contributed by atoms with van der Waals surface area (Å²) in [6.07, 6.45) is 1.49. The Bertz CT molecular complexity index is 832. The summed E-state index contributed by atoms with van der Waals surface area (Å²) < 4.78 is 15.9. The van der Waals surface area contributed by atoms with Crippen LogP contribution in [0.25, 0.3) is 6.08 Å². The summed E-state index contributed by atoms with van der Waals surface area (Å²) in [4.78, 5) is 12.2. The Morgan fingerprint density at radius 1 is 1.19 bits per heavy atom. The van der Waals surface area contributed by atoms with Crippen LogP contribution >= 0.6 is 0 Å². The Balaban J connectivity index is 2.09. The van der Waals surface area contributed by atoms with E-state index in [1.165, 1.54) is 6.08 Å². The lowest BCUT2D eigenvalue weighted by Gasteiger charge is -2.10. The largest absolute Gasteiger partial charge is 0.496 e. The molecule has 0 spiro atoms. The third kappa shape index (κ3) is 5.12. The predicted molar refractivity (Wildman–Crippen MR) is 98.7 cm³/mol.